The zero-order valence-corrected chi connectivity index (χ0v) is 14.0. The summed E-state index contributed by atoms with van der Waals surface area (Å²) in [5.41, 5.74) is 1.03. The second kappa shape index (κ2) is 8.39. The summed E-state index contributed by atoms with van der Waals surface area (Å²) in [4.78, 5) is 17.6. The van der Waals surface area contributed by atoms with Crippen molar-refractivity contribution in [3.63, 3.8) is 0 Å². The van der Waals surface area contributed by atoms with Crippen LogP contribution in [0.4, 0.5) is 4.79 Å². The van der Waals surface area contributed by atoms with Gasteiger partial charge in [0.05, 0.1) is 6.54 Å². The molecule has 0 aliphatic carbocycles. The van der Waals surface area contributed by atoms with Gasteiger partial charge in [-0.1, -0.05) is 11.6 Å². The Labute approximate surface area is 141 Å². The standard InChI is InChI=1S/C17H20ClN3O2/c1-13(23-16-5-3-15(18)4-6-16)11-20-17(22)21(2)12-14-7-9-19-10-8-14/h3-10,13H,11-12H2,1-2H3,(H,20,22)/t13-/m0/s1. The summed E-state index contributed by atoms with van der Waals surface area (Å²) in [6.07, 6.45) is 3.28. The summed E-state index contributed by atoms with van der Waals surface area (Å²) in [5, 5.41) is 3.52. The molecular weight excluding hydrogens is 314 g/mol. The minimum absolute atomic E-state index is 0.144. The average molecular weight is 334 g/mol. The highest BCUT2D eigenvalue weighted by Crippen LogP contribution is 2.16. The largest absolute Gasteiger partial charge is 0.489 e. The van der Waals surface area contributed by atoms with Crippen LogP contribution in [-0.4, -0.2) is 35.6 Å². The maximum absolute atomic E-state index is 12.1. The number of hydrogen-bond donors (Lipinski definition) is 1. The van der Waals surface area contributed by atoms with Crippen LogP contribution < -0.4 is 10.1 Å². The number of ether oxygens (including phenoxy) is 1. The van der Waals surface area contributed by atoms with Gasteiger partial charge in [0, 0.05) is 31.0 Å². The molecule has 1 heterocycles. The van der Waals surface area contributed by atoms with Crippen molar-refractivity contribution in [1.82, 2.24) is 15.2 Å². The lowest BCUT2D eigenvalue weighted by Crippen LogP contribution is -2.41. The monoisotopic (exact) mass is 333 g/mol. The van der Waals surface area contributed by atoms with Crippen LogP contribution in [0.5, 0.6) is 5.75 Å². The van der Waals surface area contributed by atoms with Gasteiger partial charge in [0.25, 0.3) is 0 Å². The Morgan fingerprint density at radius 1 is 1.26 bits per heavy atom. The molecule has 0 fully saturated rings. The molecule has 1 aromatic heterocycles. The van der Waals surface area contributed by atoms with Crippen LogP contribution in [0.1, 0.15) is 12.5 Å². The normalized spacial score (nSPS) is 11.6. The quantitative estimate of drug-likeness (QED) is 0.882. The summed E-state index contributed by atoms with van der Waals surface area (Å²) in [6, 6.07) is 10.8. The third kappa shape index (κ3) is 5.79. The van der Waals surface area contributed by atoms with E-state index in [1.54, 1.807) is 48.6 Å². The van der Waals surface area contributed by atoms with Crippen LogP contribution >= 0.6 is 11.6 Å². The molecule has 2 amide bonds. The van der Waals surface area contributed by atoms with Crippen LogP contribution in [0.3, 0.4) is 0 Å². The minimum atomic E-state index is -0.145. The number of nitrogens with one attached hydrogen (secondary N) is 1. The van der Waals surface area contributed by atoms with Crippen molar-refractivity contribution in [3.05, 3.63) is 59.4 Å². The van der Waals surface area contributed by atoms with Crippen LogP contribution in [0.25, 0.3) is 0 Å². The van der Waals surface area contributed by atoms with Gasteiger partial charge in [0.1, 0.15) is 11.9 Å². The first-order valence-electron chi connectivity index (χ1n) is 7.34. The lowest BCUT2D eigenvalue weighted by molar-refractivity contribution is 0.188. The zero-order valence-electron chi connectivity index (χ0n) is 13.2. The van der Waals surface area contributed by atoms with Crippen LogP contribution in [0.15, 0.2) is 48.8 Å². The van der Waals surface area contributed by atoms with E-state index in [1.807, 2.05) is 19.1 Å². The van der Waals surface area contributed by atoms with Gasteiger partial charge in [-0.15, -0.1) is 0 Å². The predicted molar refractivity (Wildman–Crippen MR) is 90.6 cm³/mol. The molecule has 0 aliphatic rings. The SMILES string of the molecule is C[C@@H](CNC(=O)N(C)Cc1ccncc1)Oc1ccc(Cl)cc1. The summed E-state index contributed by atoms with van der Waals surface area (Å²) in [6.45, 7) is 2.85. The van der Waals surface area contributed by atoms with E-state index in [9.17, 15) is 4.79 Å². The predicted octanol–water partition coefficient (Wildman–Crippen LogP) is 3.34. The molecule has 0 radical (unpaired) electrons. The molecule has 1 atom stereocenters. The number of pyridine rings is 1. The molecule has 1 aromatic carbocycles. The summed E-state index contributed by atoms with van der Waals surface area (Å²) in [5.74, 6) is 0.723. The van der Waals surface area contributed by atoms with E-state index >= 15 is 0 Å². The van der Waals surface area contributed by atoms with Gasteiger partial charge in [0.15, 0.2) is 0 Å². The highest BCUT2D eigenvalue weighted by molar-refractivity contribution is 6.30. The second-order valence-electron chi connectivity index (χ2n) is 5.28. The Bertz CT molecular complexity index is 619. The molecule has 2 aromatic rings. The van der Waals surface area contributed by atoms with Gasteiger partial charge in [-0.3, -0.25) is 4.98 Å². The van der Waals surface area contributed by atoms with Crippen molar-refractivity contribution in [2.24, 2.45) is 0 Å². The number of rotatable bonds is 6. The number of urea groups is 1. The Morgan fingerprint density at radius 2 is 1.91 bits per heavy atom. The van der Waals surface area contributed by atoms with Crippen molar-refractivity contribution in [3.8, 4) is 5.75 Å². The Kier molecular flexibility index (Phi) is 6.23. The van der Waals surface area contributed by atoms with E-state index in [0.717, 1.165) is 11.3 Å². The smallest absolute Gasteiger partial charge is 0.317 e. The molecule has 23 heavy (non-hydrogen) atoms. The first kappa shape index (κ1) is 17.1. The van der Waals surface area contributed by atoms with E-state index in [-0.39, 0.29) is 12.1 Å². The van der Waals surface area contributed by atoms with Crippen molar-refractivity contribution in [2.45, 2.75) is 19.6 Å². The number of benzene rings is 1. The molecule has 6 heteroatoms. The fourth-order valence-electron chi connectivity index (χ4n) is 1.99. The van der Waals surface area contributed by atoms with Crippen molar-refractivity contribution in [1.29, 1.82) is 0 Å². The van der Waals surface area contributed by atoms with Crippen LogP contribution in [0, 0.1) is 0 Å². The van der Waals surface area contributed by atoms with Gasteiger partial charge in [-0.2, -0.15) is 0 Å². The molecule has 0 unspecified atom stereocenters. The van der Waals surface area contributed by atoms with E-state index in [0.29, 0.717) is 18.1 Å². The molecular formula is C17H20ClN3O2. The Balaban J connectivity index is 1.75. The minimum Gasteiger partial charge on any atom is -0.489 e. The van der Waals surface area contributed by atoms with Gasteiger partial charge in [-0.05, 0) is 48.9 Å². The van der Waals surface area contributed by atoms with E-state index in [1.165, 1.54) is 0 Å². The number of halogens is 1. The highest BCUT2D eigenvalue weighted by atomic mass is 35.5. The van der Waals surface area contributed by atoms with Crippen molar-refractivity contribution >= 4 is 17.6 Å². The second-order valence-corrected chi connectivity index (χ2v) is 5.72. The maximum atomic E-state index is 12.1. The summed E-state index contributed by atoms with van der Waals surface area (Å²) >= 11 is 5.83. The number of aromatic nitrogens is 1. The molecule has 5 nitrogen and oxygen atoms in total. The molecule has 0 saturated heterocycles. The topological polar surface area (TPSA) is 54.5 Å². The van der Waals surface area contributed by atoms with Crippen molar-refractivity contribution in [2.75, 3.05) is 13.6 Å². The molecule has 0 spiro atoms. The number of nitrogens with zero attached hydrogens (tertiary/aromatic N) is 2. The number of hydrogen-bond acceptors (Lipinski definition) is 3. The Morgan fingerprint density at radius 3 is 2.57 bits per heavy atom. The summed E-state index contributed by atoms with van der Waals surface area (Å²) < 4.78 is 5.72. The number of carbonyl (C=O) groups excluding carboxylic acids is 1. The molecule has 0 bridgehead atoms. The molecule has 1 N–H and O–H groups in total. The zero-order chi connectivity index (χ0) is 16.7. The van der Waals surface area contributed by atoms with Crippen LogP contribution in [0.2, 0.25) is 5.02 Å². The lowest BCUT2D eigenvalue weighted by atomic mass is 10.2. The molecule has 122 valence electrons. The first-order chi connectivity index (χ1) is 11.0. The number of amides is 2. The third-order valence-corrected chi connectivity index (χ3v) is 3.46. The van der Waals surface area contributed by atoms with Gasteiger partial charge < -0.3 is 15.0 Å². The molecule has 0 saturated carbocycles. The summed E-state index contributed by atoms with van der Waals surface area (Å²) in [7, 11) is 1.75. The van der Waals surface area contributed by atoms with Gasteiger partial charge in [-0.25, -0.2) is 4.79 Å². The molecule has 0 aliphatic heterocycles. The maximum Gasteiger partial charge on any atom is 0.317 e. The first-order valence-corrected chi connectivity index (χ1v) is 7.72. The fourth-order valence-corrected chi connectivity index (χ4v) is 2.11. The average Bonchev–Trinajstić information content (AvgIpc) is 2.55. The van der Waals surface area contributed by atoms with Gasteiger partial charge >= 0.3 is 6.03 Å². The van der Waals surface area contributed by atoms with Gasteiger partial charge in [0.2, 0.25) is 0 Å². The highest BCUT2D eigenvalue weighted by Gasteiger charge is 2.11. The van der Waals surface area contributed by atoms with E-state index < -0.39 is 0 Å². The third-order valence-electron chi connectivity index (χ3n) is 3.21. The van der Waals surface area contributed by atoms with E-state index in [4.69, 9.17) is 16.3 Å². The number of carbonyl (C=O) groups is 1. The van der Waals surface area contributed by atoms with E-state index in [2.05, 4.69) is 10.3 Å². The Hall–Kier alpha value is -2.27. The lowest BCUT2D eigenvalue weighted by Gasteiger charge is -2.20. The molecule has 2 rings (SSSR count). The van der Waals surface area contributed by atoms with Crippen LogP contribution in [-0.2, 0) is 6.54 Å². The fraction of sp³-hybridized carbons (Fsp3) is 0.294. The van der Waals surface area contributed by atoms with Crippen molar-refractivity contribution < 1.29 is 9.53 Å².